The van der Waals surface area contributed by atoms with E-state index < -0.39 is 0 Å². The molecule has 0 atom stereocenters. The lowest BCUT2D eigenvalue weighted by molar-refractivity contribution is -0.116. The van der Waals surface area contributed by atoms with Crippen LogP contribution in [0.15, 0.2) is 54.6 Å². The molecule has 2 aromatic rings. The molecule has 0 heterocycles. The van der Waals surface area contributed by atoms with Gasteiger partial charge in [0.15, 0.2) is 0 Å². The zero-order chi connectivity index (χ0) is 18.9. The number of nitrogens with zero attached hydrogens (tertiary/aromatic N) is 1. The van der Waals surface area contributed by atoms with Crippen LogP contribution in [0.4, 0.5) is 11.4 Å². The lowest BCUT2D eigenvalue weighted by Gasteiger charge is -2.27. The molecule has 0 aliphatic rings. The SMILES string of the molecule is CCN(c1ccc(NC(=O)CCNC(=O)c2ccccc2)cc1)C(C)C. The fourth-order valence-corrected chi connectivity index (χ4v) is 2.79. The largest absolute Gasteiger partial charge is 0.369 e. The van der Waals surface area contributed by atoms with Gasteiger partial charge in [0, 0.05) is 42.5 Å². The Bertz CT molecular complexity index is 712. The molecule has 0 bridgehead atoms. The second-order valence-electron chi connectivity index (χ2n) is 6.35. The van der Waals surface area contributed by atoms with E-state index in [2.05, 4.69) is 36.3 Å². The van der Waals surface area contributed by atoms with Crippen molar-refractivity contribution in [3.05, 3.63) is 60.2 Å². The van der Waals surface area contributed by atoms with Crippen LogP contribution < -0.4 is 15.5 Å². The normalized spacial score (nSPS) is 10.5. The first-order valence-electron chi connectivity index (χ1n) is 9.01. The van der Waals surface area contributed by atoms with Gasteiger partial charge in [-0.25, -0.2) is 0 Å². The summed E-state index contributed by atoms with van der Waals surface area (Å²) in [6.45, 7) is 7.67. The maximum Gasteiger partial charge on any atom is 0.251 e. The van der Waals surface area contributed by atoms with Gasteiger partial charge < -0.3 is 15.5 Å². The first-order valence-corrected chi connectivity index (χ1v) is 9.01. The molecule has 0 aliphatic heterocycles. The molecular formula is C21H27N3O2. The highest BCUT2D eigenvalue weighted by Gasteiger charge is 2.09. The van der Waals surface area contributed by atoms with E-state index in [1.54, 1.807) is 12.1 Å². The van der Waals surface area contributed by atoms with E-state index in [4.69, 9.17) is 0 Å². The summed E-state index contributed by atoms with van der Waals surface area (Å²) >= 11 is 0. The highest BCUT2D eigenvalue weighted by Crippen LogP contribution is 2.19. The third kappa shape index (κ3) is 5.62. The van der Waals surface area contributed by atoms with E-state index in [-0.39, 0.29) is 18.2 Å². The van der Waals surface area contributed by atoms with E-state index in [1.807, 2.05) is 42.5 Å². The van der Waals surface area contributed by atoms with Crippen molar-refractivity contribution in [1.82, 2.24) is 5.32 Å². The number of hydrogen-bond acceptors (Lipinski definition) is 3. The number of rotatable bonds is 8. The number of carbonyl (C=O) groups excluding carboxylic acids is 2. The van der Waals surface area contributed by atoms with E-state index in [1.165, 1.54) is 0 Å². The molecule has 5 nitrogen and oxygen atoms in total. The van der Waals surface area contributed by atoms with Crippen molar-refractivity contribution in [2.75, 3.05) is 23.3 Å². The summed E-state index contributed by atoms with van der Waals surface area (Å²) in [4.78, 5) is 26.2. The van der Waals surface area contributed by atoms with Crippen molar-refractivity contribution in [3.63, 3.8) is 0 Å². The molecule has 2 N–H and O–H groups in total. The Morgan fingerprint density at radius 2 is 1.65 bits per heavy atom. The van der Waals surface area contributed by atoms with Crippen molar-refractivity contribution in [2.24, 2.45) is 0 Å². The van der Waals surface area contributed by atoms with Gasteiger partial charge in [0.2, 0.25) is 5.91 Å². The molecule has 2 aromatic carbocycles. The minimum atomic E-state index is -0.170. The summed E-state index contributed by atoms with van der Waals surface area (Å²) in [5.74, 6) is -0.293. The van der Waals surface area contributed by atoms with Crippen molar-refractivity contribution >= 4 is 23.2 Å². The molecule has 0 spiro atoms. The van der Waals surface area contributed by atoms with Gasteiger partial charge >= 0.3 is 0 Å². The molecule has 2 rings (SSSR count). The summed E-state index contributed by atoms with van der Waals surface area (Å²) in [6, 6.07) is 17.2. The van der Waals surface area contributed by atoms with Gasteiger partial charge in [0.05, 0.1) is 0 Å². The van der Waals surface area contributed by atoms with Crippen LogP contribution in [0.25, 0.3) is 0 Å². The van der Waals surface area contributed by atoms with Crippen LogP contribution >= 0.6 is 0 Å². The van der Waals surface area contributed by atoms with E-state index in [0.717, 1.165) is 17.9 Å². The molecule has 0 fully saturated rings. The van der Waals surface area contributed by atoms with Crippen LogP contribution in [0, 0.1) is 0 Å². The quantitative estimate of drug-likeness (QED) is 0.761. The minimum Gasteiger partial charge on any atom is -0.369 e. The lowest BCUT2D eigenvalue weighted by atomic mass is 10.2. The number of carbonyl (C=O) groups is 2. The fourth-order valence-electron chi connectivity index (χ4n) is 2.79. The van der Waals surface area contributed by atoms with Gasteiger partial charge in [-0.2, -0.15) is 0 Å². The topological polar surface area (TPSA) is 61.4 Å². The maximum absolute atomic E-state index is 12.0. The van der Waals surface area contributed by atoms with Gasteiger partial charge in [-0.1, -0.05) is 18.2 Å². The Hall–Kier alpha value is -2.82. The van der Waals surface area contributed by atoms with E-state index >= 15 is 0 Å². The number of nitrogens with one attached hydrogen (secondary N) is 2. The lowest BCUT2D eigenvalue weighted by Crippen LogP contribution is -2.30. The Morgan fingerprint density at radius 1 is 1.00 bits per heavy atom. The molecule has 5 heteroatoms. The predicted octanol–water partition coefficient (Wildman–Crippen LogP) is 3.68. The van der Waals surface area contributed by atoms with Crippen molar-refractivity contribution in [2.45, 2.75) is 33.2 Å². The number of hydrogen-bond donors (Lipinski definition) is 2. The Morgan fingerprint density at radius 3 is 2.23 bits per heavy atom. The molecule has 0 radical (unpaired) electrons. The van der Waals surface area contributed by atoms with Gasteiger partial charge in [0.25, 0.3) is 5.91 Å². The van der Waals surface area contributed by atoms with Gasteiger partial charge in [-0.05, 0) is 57.2 Å². The summed E-state index contributed by atoms with van der Waals surface area (Å²) in [6.07, 6.45) is 0.230. The average Bonchev–Trinajstić information content (AvgIpc) is 2.64. The Balaban J connectivity index is 1.80. The van der Waals surface area contributed by atoms with Crippen LogP contribution in [0.2, 0.25) is 0 Å². The van der Waals surface area contributed by atoms with Gasteiger partial charge in [-0.15, -0.1) is 0 Å². The van der Waals surface area contributed by atoms with Crippen molar-refractivity contribution in [3.8, 4) is 0 Å². The molecule has 0 unspecified atom stereocenters. The molecular weight excluding hydrogens is 326 g/mol. The summed E-state index contributed by atoms with van der Waals surface area (Å²) < 4.78 is 0. The molecule has 2 amide bonds. The highest BCUT2D eigenvalue weighted by molar-refractivity contribution is 5.95. The van der Waals surface area contributed by atoms with Crippen molar-refractivity contribution in [1.29, 1.82) is 0 Å². The number of amides is 2. The molecule has 0 aliphatic carbocycles. The first-order chi connectivity index (χ1) is 12.5. The van der Waals surface area contributed by atoms with Gasteiger partial charge in [-0.3, -0.25) is 9.59 Å². The fraction of sp³-hybridized carbons (Fsp3) is 0.333. The van der Waals surface area contributed by atoms with Crippen LogP contribution in [0.1, 0.15) is 37.6 Å². The van der Waals surface area contributed by atoms with E-state index in [9.17, 15) is 9.59 Å². The second kappa shape index (κ2) is 9.61. The smallest absolute Gasteiger partial charge is 0.251 e. The highest BCUT2D eigenvalue weighted by atomic mass is 16.2. The molecule has 0 aromatic heterocycles. The molecule has 138 valence electrons. The van der Waals surface area contributed by atoms with Crippen LogP contribution in [-0.4, -0.2) is 30.9 Å². The van der Waals surface area contributed by atoms with Crippen molar-refractivity contribution < 1.29 is 9.59 Å². The van der Waals surface area contributed by atoms with Crippen LogP contribution in [0.5, 0.6) is 0 Å². The molecule has 0 saturated heterocycles. The second-order valence-corrected chi connectivity index (χ2v) is 6.35. The summed E-state index contributed by atoms with van der Waals surface area (Å²) in [7, 11) is 0. The Kier molecular flexibility index (Phi) is 7.21. The van der Waals surface area contributed by atoms with Crippen LogP contribution in [0.3, 0.4) is 0 Å². The third-order valence-electron chi connectivity index (χ3n) is 4.12. The average molecular weight is 353 g/mol. The first kappa shape index (κ1) is 19.5. The molecule has 0 saturated carbocycles. The van der Waals surface area contributed by atoms with Gasteiger partial charge in [0.1, 0.15) is 0 Å². The summed E-state index contributed by atoms with van der Waals surface area (Å²) in [5.41, 5.74) is 2.48. The summed E-state index contributed by atoms with van der Waals surface area (Å²) in [5, 5.41) is 5.61. The number of benzene rings is 2. The zero-order valence-corrected chi connectivity index (χ0v) is 15.7. The molecule has 26 heavy (non-hydrogen) atoms. The van der Waals surface area contributed by atoms with Crippen LogP contribution in [-0.2, 0) is 4.79 Å². The van der Waals surface area contributed by atoms with E-state index in [0.29, 0.717) is 18.2 Å². The minimum absolute atomic E-state index is 0.123. The standard InChI is InChI=1S/C21H27N3O2/c1-4-24(16(2)3)19-12-10-18(11-13-19)23-20(25)14-15-22-21(26)17-8-6-5-7-9-17/h5-13,16H,4,14-15H2,1-3H3,(H,22,26)(H,23,25). The maximum atomic E-state index is 12.0. The Labute approximate surface area is 155 Å². The number of anilines is 2. The third-order valence-corrected chi connectivity index (χ3v) is 4.12. The predicted molar refractivity (Wildman–Crippen MR) is 107 cm³/mol. The zero-order valence-electron chi connectivity index (χ0n) is 15.7. The monoisotopic (exact) mass is 353 g/mol.